The van der Waals surface area contributed by atoms with E-state index in [0.717, 1.165) is 35.4 Å². The standard InChI is InChI=1S/C22H16F2O5S/c23-22(24)30(27,28)19-12-10-18(11-13-19)21(26)29-14-20(25)17-8-6-16(7-9-17)15-4-2-1-3-5-15/h1-13,22H,14H2. The summed E-state index contributed by atoms with van der Waals surface area (Å²) in [5.74, 6) is -4.84. The van der Waals surface area contributed by atoms with E-state index < -0.39 is 38.8 Å². The fourth-order valence-electron chi connectivity index (χ4n) is 2.66. The lowest BCUT2D eigenvalue weighted by atomic mass is 10.0. The number of rotatable bonds is 7. The monoisotopic (exact) mass is 430 g/mol. The highest BCUT2D eigenvalue weighted by Gasteiger charge is 2.26. The summed E-state index contributed by atoms with van der Waals surface area (Å²) in [6.07, 6.45) is 0. The van der Waals surface area contributed by atoms with Gasteiger partial charge in [0.05, 0.1) is 10.5 Å². The number of halogens is 2. The second-order valence-electron chi connectivity index (χ2n) is 6.27. The topological polar surface area (TPSA) is 77.5 Å². The Labute approximate surface area is 171 Å². The Hall–Kier alpha value is -3.39. The third-order valence-corrected chi connectivity index (χ3v) is 5.70. The normalized spacial score (nSPS) is 11.3. The van der Waals surface area contributed by atoms with Crippen LogP contribution in [0.25, 0.3) is 11.1 Å². The molecular weight excluding hydrogens is 414 g/mol. The van der Waals surface area contributed by atoms with E-state index in [1.807, 2.05) is 30.3 Å². The highest BCUT2D eigenvalue weighted by molar-refractivity contribution is 7.91. The predicted octanol–water partition coefficient (Wildman–Crippen LogP) is 4.39. The first-order chi connectivity index (χ1) is 14.3. The summed E-state index contributed by atoms with van der Waals surface area (Å²) >= 11 is 0. The molecule has 0 saturated heterocycles. The molecule has 3 rings (SSSR count). The molecule has 30 heavy (non-hydrogen) atoms. The molecule has 0 aromatic heterocycles. The lowest BCUT2D eigenvalue weighted by Gasteiger charge is -2.07. The van der Waals surface area contributed by atoms with Crippen molar-refractivity contribution in [3.05, 3.63) is 90.0 Å². The van der Waals surface area contributed by atoms with Gasteiger partial charge >= 0.3 is 11.7 Å². The molecule has 0 fully saturated rings. The van der Waals surface area contributed by atoms with Crippen LogP contribution >= 0.6 is 0 Å². The van der Waals surface area contributed by atoms with E-state index in [2.05, 4.69) is 0 Å². The summed E-state index contributed by atoms with van der Waals surface area (Å²) in [5.41, 5.74) is 2.24. The van der Waals surface area contributed by atoms with Crippen LogP contribution in [0.3, 0.4) is 0 Å². The molecule has 0 unspecified atom stereocenters. The summed E-state index contributed by atoms with van der Waals surface area (Å²) in [6.45, 7) is -0.513. The third kappa shape index (κ3) is 4.77. The highest BCUT2D eigenvalue weighted by atomic mass is 32.2. The third-order valence-electron chi connectivity index (χ3n) is 4.30. The number of hydrogen-bond donors (Lipinski definition) is 0. The molecule has 0 saturated carbocycles. The van der Waals surface area contributed by atoms with Crippen LogP contribution in [-0.2, 0) is 14.6 Å². The van der Waals surface area contributed by atoms with Crippen LogP contribution in [0.5, 0.6) is 0 Å². The lowest BCUT2D eigenvalue weighted by Crippen LogP contribution is -2.15. The van der Waals surface area contributed by atoms with Crippen molar-refractivity contribution in [1.29, 1.82) is 0 Å². The molecule has 0 spiro atoms. The molecule has 0 amide bonds. The van der Waals surface area contributed by atoms with Crippen LogP contribution in [0.15, 0.2) is 83.8 Å². The van der Waals surface area contributed by atoms with Gasteiger partial charge in [0.1, 0.15) is 0 Å². The first kappa shape index (κ1) is 21.3. The molecule has 154 valence electrons. The molecule has 0 aliphatic carbocycles. The van der Waals surface area contributed by atoms with Gasteiger partial charge in [-0.25, -0.2) is 13.2 Å². The van der Waals surface area contributed by atoms with Crippen LogP contribution in [0.4, 0.5) is 8.78 Å². The Kier molecular flexibility index (Phi) is 6.37. The Balaban J connectivity index is 1.61. The molecule has 5 nitrogen and oxygen atoms in total. The lowest BCUT2D eigenvalue weighted by molar-refractivity contribution is 0.0474. The maximum Gasteiger partial charge on any atom is 0.341 e. The van der Waals surface area contributed by atoms with Crippen molar-refractivity contribution in [2.75, 3.05) is 6.61 Å². The van der Waals surface area contributed by atoms with Gasteiger partial charge in [0, 0.05) is 5.56 Å². The number of ketones is 1. The fraction of sp³-hybridized carbons (Fsp3) is 0.0909. The number of carbonyl (C=O) groups is 2. The quantitative estimate of drug-likeness (QED) is 0.410. The summed E-state index contributed by atoms with van der Waals surface area (Å²) in [5, 5.41) is 0. The number of alkyl halides is 2. The number of sulfone groups is 1. The van der Waals surface area contributed by atoms with Crippen molar-refractivity contribution in [3.8, 4) is 11.1 Å². The van der Waals surface area contributed by atoms with Gasteiger partial charge in [-0.3, -0.25) is 4.79 Å². The van der Waals surface area contributed by atoms with E-state index in [4.69, 9.17) is 4.74 Å². The van der Waals surface area contributed by atoms with E-state index in [1.165, 1.54) is 0 Å². The van der Waals surface area contributed by atoms with E-state index in [9.17, 15) is 26.8 Å². The number of benzene rings is 3. The van der Waals surface area contributed by atoms with Crippen LogP contribution in [0.2, 0.25) is 0 Å². The minimum Gasteiger partial charge on any atom is -0.454 e. The van der Waals surface area contributed by atoms with Gasteiger partial charge in [-0.1, -0.05) is 54.6 Å². The molecule has 3 aromatic carbocycles. The smallest absolute Gasteiger partial charge is 0.341 e. The molecule has 8 heteroatoms. The van der Waals surface area contributed by atoms with Crippen LogP contribution in [0, 0.1) is 0 Å². The van der Waals surface area contributed by atoms with Crippen molar-refractivity contribution in [1.82, 2.24) is 0 Å². The van der Waals surface area contributed by atoms with Crippen LogP contribution in [0.1, 0.15) is 20.7 Å². The van der Waals surface area contributed by atoms with Gasteiger partial charge in [0.15, 0.2) is 12.4 Å². The Morgan fingerprint density at radius 1 is 0.767 bits per heavy atom. The summed E-state index contributed by atoms with van der Waals surface area (Å²) in [6, 6.07) is 20.3. The molecule has 0 aliphatic heterocycles. The summed E-state index contributed by atoms with van der Waals surface area (Å²) in [7, 11) is -4.74. The van der Waals surface area contributed by atoms with Crippen LogP contribution < -0.4 is 0 Å². The highest BCUT2D eigenvalue weighted by Crippen LogP contribution is 2.20. The SMILES string of the molecule is O=C(COC(=O)c1ccc(S(=O)(=O)C(F)F)cc1)c1ccc(-c2ccccc2)cc1. The summed E-state index contributed by atoms with van der Waals surface area (Å²) < 4.78 is 52.8. The Morgan fingerprint density at radius 2 is 1.30 bits per heavy atom. The molecule has 0 bridgehead atoms. The Bertz CT molecular complexity index is 1140. The van der Waals surface area contributed by atoms with Gasteiger partial charge in [0.2, 0.25) is 9.84 Å². The number of esters is 1. The van der Waals surface area contributed by atoms with Gasteiger partial charge in [-0.05, 0) is 35.4 Å². The van der Waals surface area contributed by atoms with Gasteiger partial charge in [-0.2, -0.15) is 8.78 Å². The van der Waals surface area contributed by atoms with E-state index in [-0.39, 0.29) is 5.56 Å². The maximum atomic E-state index is 12.5. The van der Waals surface area contributed by atoms with Crippen molar-refractivity contribution in [2.24, 2.45) is 0 Å². The molecule has 3 aromatic rings. The molecule has 0 heterocycles. The predicted molar refractivity (Wildman–Crippen MR) is 106 cm³/mol. The zero-order valence-corrected chi connectivity index (χ0v) is 16.3. The zero-order valence-electron chi connectivity index (χ0n) is 15.5. The summed E-state index contributed by atoms with van der Waals surface area (Å²) in [4.78, 5) is 23.7. The Morgan fingerprint density at radius 3 is 1.87 bits per heavy atom. The molecule has 0 aliphatic rings. The molecule has 0 atom stereocenters. The van der Waals surface area contributed by atoms with Crippen molar-refractivity contribution in [2.45, 2.75) is 10.7 Å². The number of carbonyl (C=O) groups excluding carboxylic acids is 2. The van der Waals surface area contributed by atoms with Gasteiger partial charge < -0.3 is 4.74 Å². The first-order valence-electron chi connectivity index (χ1n) is 8.77. The fourth-order valence-corrected chi connectivity index (χ4v) is 3.38. The first-order valence-corrected chi connectivity index (χ1v) is 10.3. The van der Waals surface area contributed by atoms with Gasteiger partial charge in [0.25, 0.3) is 0 Å². The number of ether oxygens (including phenoxy) is 1. The maximum absolute atomic E-state index is 12.5. The number of Topliss-reactive ketones (excluding diaryl/α,β-unsaturated/α-hetero) is 1. The number of hydrogen-bond acceptors (Lipinski definition) is 5. The van der Waals surface area contributed by atoms with E-state index in [0.29, 0.717) is 5.56 Å². The molecular formula is C22H16F2O5S. The molecule has 0 N–H and O–H groups in total. The largest absolute Gasteiger partial charge is 0.454 e. The van der Waals surface area contributed by atoms with Crippen molar-refractivity contribution in [3.63, 3.8) is 0 Å². The average molecular weight is 430 g/mol. The van der Waals surface area contributed by atoms with E-state index >= 15 is 0 Å². The van der Waals surface area contributed by atoms with Crippen molar-refractivity contribution >= 4 is 21.6 Å². The average Bonchev–Trinajstić information content (AvgIpc) is 2.78. The van der Waals surface area contributed by atoms with Gasteiger partial charge in [-0.15, -0.1) is 0 Å². The minimum atomic E-state index is -4.74. The van der Waals surface area contributed by atoms with Crippen molar-refractivity contribution < 1.29 is 31.5 Å². The second kappa shape index (κ2) is 8.96. The second-order valence-corrected chi connectivity index (χ2v) is 8.19. The van der Waals surface area contributed by atoms with Crippen LogP contribution in [-0.4, -0.2) is 32.5 Å². The minimum absolute atomic E-state index is 0.0598. The molecule has 0 radical (unpaired) electrons. The van der Waals surface area contributed by atoms with E-state index in [1.54, 1.807) is 24.3 Å². The zero-order chi connectivity index (χ0) is 21.7.